The van der Waals surface area contributed by atoms with Crippen LogP contribution in [-0.2, 0) is 0 Å². The molecule has 13 heavy (non-hydrogen) atoms. The van der Waals surface area contributed by atoms with E-state index in [0.29, 0.717) is 11.6 Å². The number of nitrogens with one attached hydrogen (secondary N) is 1. The highest BCUT2D eigenvalue weighted by Crippen LogP contribution is 2.03. The van der Waals surface area contributed by atoms with E-state index in [2.05, 4.69) is 10.2 Å². The van der Waals surface area contributed by atoms with E-state index in [1.807, 2.05) is 0 Å². The molecule has 0 amide bonds. The molecule has 0 aliphatic heterocycles. The van der Waals surface area contributed by atoms with Crippen LogP contribution in [0.15, 0.2) is 12.1 Å². The van der Waals surface area contributed by atoms with E-state index in [0.717, 1.165) is 0 Å². The molecule has 0 spiro atoms. The van der Waals surface area contributed by atoms with Crippen molar-refractivity contribution in [2.24, 2.45) is 5.73 Å². The fourth-order valence-corrected chi connectivity index (χ4v) is 0.691. The third-order valence-electron chi connectivity index (χ3n) is 1.26. The van der Waals surface area contributed by atoms with Gasteiger partial charge in [0.15, 0.2) is 0 Å². The van der Waals surface area contributed by atoms with E-state index < -0.39 is 0 Å². The topological polar surface area (TPSA) is 105 Å². The summed E-state index contributed by atoms with van der Waals surface area (Å²) in [6, 6.07) is 3.07. The molecule has 0 unspecified atom stereocenters. The van der Waals surface area contributed by atoms with Crippen molar-refractivity contribution in [2.45, 2.75) is 0 Å². The number of aliphatic hydroxyl groups excluding tert-OH is 1. The number of hydrogen-bond donors (Lipinski definition) is 3. The third kappa shape index (κ3) is 2.68. The number of hydrogen-bond acceptors (Lipinski definition) is 5. The van der Waals surface area contributed by atoms with Crippen molar-refractivity contribution < 1.29 is 9.84 Å². The molecule has 0 saturated carbocycles. The first-order chi connectivity index (χ1) is 6.24. The number of nitrogen functional groups attached to an aromatic ring is 1. The lowest BCUT2D eigenvalue weighted by molar-refractivity contribution is 0.195. The van der Waals surface area contributed by atoms with Crippen molar-refractivity contribution in [1.29, 1.82) is 5.41 Å². The average Bonchev–Trinajstić information content (AvgIpc) is 2.15. The zero-order valence-corrected chi connectivity index (χ0v) is 6.90. The Morgan fingerprint density at radius 1 is 1.54 bits per heavy atom. The number of ether oxygens (including phenoxy) is 1. The fraction of sp³-hybridized carbons (Fsp3) is 0.286. The SMILES string of the molecule is N=C(N)c1ccc(OCCO)nn1. The summed E-state index contributed by atoms with van der Waals surface area (Å²) in [5.74, 6) is 0.167. The van der Waals surface area contributed by atoms with Gasteiger partial charge >= 0.3 is 0 Å². The number of nitrogens with zero attached hydrogens (tertiary/aromatic N) is 2. The first-order valence-corrected chi connectivity index (χ1v) is 3.66. The minimum Gasteiger partial charge on any atom is -0.474 e. The summed E-state index contributed by atoms with van der Waals surface area (Å²) in [6.45, 7) is 0.101. The quantitative estimate of drug-likeness (QED) is 0.414. The molecular weight excluding hydrogens is 172 g/mol. The normalized spacial score (nSPS) is 9.62. The third-order valence-corrected chi connectivity index (χ3v) is 1.26. The second kappa shape index (κ2) is 4.36. The van der Waals surface area contributed by atoms with E-state index in [1.165, 1.54) is 6.07 Å². The van der Waals surface area contributed by atoms with Crippen LogP contribution in [0.2, 0.25) is 0 Å². The van der Waals surface area contributed by atoms with Crippen LogP contribution in [0.25, 0.3) is 0 Å². The number of nitrogens with two attached hydrogens (primary N) is 1. The summed E-state index contributed by atoms with van der Waals surface area (Å²) in [4.78, 5) is 0. The molecule has 70 valence electrons. The lowest BCUT2D eigenvalue weighted by atomic mass is 10.4. The van der Waals surface area contributed by atoms with Crippen molar-refractivity contribution >= 4 is 5.84 Å². The van der Waals surface area contributed by atoms with Gasteiger partial charge in [0, 0.05) is 6.07 Å². The number of rotatable bonds is 4. The maximum atomic E-state index is 8.44. The molecule has 0 radical (unpaired) electrons. The van der Waals surface area contributed by atoms with Crippen LogP contribution in [0, 0.1) is 5.41 Å². The van der Waals surface area contributed by atoms with Gasteiger partial charge in [0.25, 0.3) is 0 Å². The lowest BCUT2D eigenvalue weighted by Crippen LogP contribution is -2.14. The van der Waals surface area contributed by atoms with E-state index in [-0.39, 0.29) is 19.0 Å². The van der Waals surface area contributed by atoms with Gasteiger partial charge in [0.1, 0.15) is 18.1 Å². The minimum absolute atomic E-state index is 0.0733. The molecule has 6 nitrogen and oxygen atoms in total. The van der Waals surface area contributed by atoms with Crippen LogP contribution in [0.1, 0.15) is 5.69 Å². The zero-order chi connectivity index (χ0) is 9.68. The molecule has 1 rings (SSSR count). The van der Waals surface area contributed by atoms with Gasteiger partial charge in [0.2, 0.25) is 5.88 Å². The Bertz CT molecular complexity index is 285. The average molecular weight is 182 g/mol. The molecule has 6 heteroatoms. The van der Waals surface area contributed by atoms with Crippen LogP contribution in [0.3, 0.4) is 0 Å². The fourth-order valence-electron chi connectivity index (χ4n) is 0.691. The summed E-state index contributed by atoms with van der Waals surface area (Å²) in [7, 11) is 0. The van der Waals surface area contributed by atoms with Crippen molar-refractivity contribution in [3.63, 3.8) is 0 Å². The van der Waals surface area contributed by atoms with Crippen LogP contribution in [0.4, 0.5) is 0 Å². The van der Waals surface area contributed by atoms with Gasteiger partial charge in [-0.3, -0.25) is 5.41 Å². The molecule has 0 bridgehead atoms. The maximum Gasteiger partial charge on any atom is 0.233 e. The molecule has 0 saturated heterocycles. The summed E-state index contributed by atoms with van der Waals surface area (Å²) >= 11 is 0. The van der Waals surface area contributed by atoms with Crippen LogP contribution in [0.5, 0.6) is 5.88 Å². The van der Waals surface area contributed by atoms with E-state index >= 15 is 0 Å². The molecule has 0 aromatic carbocycles. The highest BCUT2D eigenvalue weighted by Gasteiger charge is 1.99. The van der Waals surface area contributed by atoms with Gasteiger partial charge in [-0.15, -0.1) is 10.2 Å². The van der Waals surface area contributed by atoms with Gasteiger partial charge in [-0.1, -0.05) is 0 Å². The number of aromatic nitrogens is 2. The van der Waals surface area contributed by atoms with Gasteiger partial charge < -0.3 is 15.6 Å². The smallest absolute Gasteiger partial charge is 0.233 e. The molecule has 0 aliphatic carbocycles. The summed E-state index contributed by atoms with van der Waals surface area (Å²) in [6.07, 6.45) is 0. The van der Waals surface area contributed by atoms with Crippen molar-refractivity contribution in [3.8, 4) is 5.88 Å². The molecule has 4 N–H and O–H groups in total. The highest BCUT2D eigenvalue weighted by atomic mass is 16.5. The summed E-state index contributed by atoms with van der Waals surface area (Å²) in [5, 5.41) is 22.7. The van der Waals surface area contributed by atoms with E-state index in [1.54, 1.807) is 6.07 Å². The molecule has 0 atom stereocenters. The second-order valence-corrected chi connectivity index (χ2v) is 2.24. The van der Waals surface area contributed by atoms with Gasteiger partial charge in [-0.2, -0.15) is 0 Å². The van der Waals surface area contributed by atoms with Crippen molar-refractivity contribution in [1.82, 2.24) is 10.2 Å². The molecule has 0 aliphatic rings. The Labute approximate surface area is 74.9 Å². The minimum atomic E-state index is -0.138. The van der Waals surface area contributed by atoms with Crippen LogP contribution < -0.4 is 10.5 Å². The van der Waals surface area contributed by atoms with E-state index in [9.17, 15) is 0 Å². The standard InChI is InChI=1S/C7H10N4O2/c8-7(9)5-1-2-6(11-10-5)13-4-3-12/h1-2,12H,3-4H2,(H3,8,9). The predicted molar refractivity (Wildman–Crippen MR) is 45.6 cm³/mol. The predicted octanol–water partition coefficient (Wildman–Crippen LogP) is -0.868. The first kappa shape index (κ1) is 9.40. The van der Waals surface area contributed by atoms with Gasteiger partial charge in [-0.05, 0) is 6.07 Å². The largest absolute Gasteiger partial charge is 0.474 e. The Kier molecular flexibility index (Phi) is 3.15. The van der Waals surface area contributed by atoms with Crippen molar-refractivity contribution in [2.75, 3.05) is 13.2 Å². The number of aliphatic hydroxyl groups is 1. The Morgan fingerprint density at radius 3 is 2.77 bits per heavy atom. The molecule has 1 aromatic heterocycles. The van der Waals surface area contributed by atoms with Gasteiger partial charge in [0.05, 0.1) is 6.61 Å². The molecule has 0 fully saturated rings. The molecular formula is C7H10N4O2. The number of amidine groups is 1. The lowest BCUT2D eigenvalue weighted by Gasteiger charge is -2.01. The Balaban J connectivity index is 2.64. The second-order valence-electron chi connectivity index (χ2n) is 2.24. The molecule has 1 heterocycles. The van der Waals surface area contributed by atoms with Crippen LogP contribution >= 0.6 is 0 Å². The van der Waals surface area contributed by atoms with Crippen LogP contribution in [-0.4, -0.2) is 34.4 Å². The zero-order valence-electron chi connectivity index (χ0n) is 6.90. The maximum absolute atomic E-state index is 8.44. The Hall–Kier alpha value is -1.69. The summed E-state index contributed by atoms with van der Waals surface area (Å²) in [5.41, 5.74) is 5.47. The van der Waals surface area contributed by atoms with Gasteiger partial charge in [-0.25, -0.2) is 0 Å². The first-order valence-electron chi connectivity index (χ1n) is 3.66. The van der Waals surface area contributed by atoms with E-state index in [4.69, 9.17) is 21.0 Å². The monoisotopic (exact) mass is 182 g/mol. The summed E-state index contributed by atoms with van der Waals surface area (Å²) < 4.78 is 4.95. The Morgan fingerprint density at radius 2 is 2.31 bits per heavy atom. The highest BCUT2D eigenvalue weighted by molar-refractivity contribution is 5.92. The van der Waals surface area contributed by atoms with Crippen molar-refractivity contribution in [3.05, 3.63) is 17.8 Å². The molecule has 1 aromatic rings.